The van der Waals surface area contributed by atoms with Crippen LogP contribution in [-0.4, -0.2) is 81.2 Å². The minimum atomic E-state index is -4.13. The molecular weight excluding hydrogens is 534 g/mol. The van der Waals surface area contributed by atoms with Crippen LogP contribution in [0.25, 0.3) is 0 Å². The van der Waals surface area contributed by atoms with Crippen LogP contribution >= 0.6 is 24.0 Å². The number of alkyl halides is 3. The van der Waals surface area contributed by atoms with Crippen LogP contribution < -0.4 is 10.6 Å². The molecule has 0 aliphatic carbocycles. The summed E-state index contributed by atoms with van der Waals surface area (Å²) in [6, 6.07) is 10.1. The van der Waals surface area contributed by atoms with Gasteiger partial charge in [-0.3, -0.25) is 9.69 Å². The van der Waals surface area contributed by atoms with E-state index in [2.05, 4.69) is 27.8 Å². The van der Waals surface area contributed by atoms with Gasteiger partial charge in [-0.2, -0.15) is 13.2 Å². The van der Waals surface area contributed by atoms with E-state index in [1.165, 1.54) is 15.4 Å². The number of piperidine rings is 1. The van der Waals surface area contributed by atoms with Crippen molar-refractivity contribution >= 4 is 35.8 Å². The highest BCUT2D eigenvalue weighted by Gasteiger charge is 2.32. The van der Waals surface area contributed by atoms with E-state index in [4.69, 9.17) is 0 Å². The molecule has 32 heavy (non-hydrogen) atoms. The van der Waals surface area contributed by atoms with Crippen molar-refractivity contribution in [3.63, 3.8) is 0 Å². The predicted molar refractivity (Wildman–Crippen MR) is 132 cm³/mol. The number of nitrogens with zero attached hydrogens (tertiary/aromatic N) is 3. The number of aliphatic imine (C=N–C) groups is 1. The number of nitrogens with one attached hydrogen (secondary N) is 2. The summed E-state index contributed by atoms with van der Waals surface area (Å²) in [5.41, 5.74) is 1.21. The van der Waals surface area contributed by atoms with Crippen molar-refractivity contribution in [2.75, 3.05) is 53.4 Å². The third-order valence-electron chi connectivity index (χ3n) is 5.38. The molecule has 0 atom stereocenters. The maximum Gasteiger partial charge on any atom is 0.401 e. The van der Waals surface area contributed by atoms with Crippen LogP contribution in [0.4, 0.5) is 13.2 Å². The molecule has 0 bridgehead atoms. The first-order valence-corrected chi connectivity index (χ1v) is 10.8. The molecule has 1 heterocycles. The summed E-state index contributed by atoms with van der Waals surface area (Å²) in [5.74, 6) is 0.896. The Hall–Kier alpha value is -1.56. The van der Waals surface area contributed by atoms with Crippen molar-refractivity contribution in [1.29, 1.82) is 0 Å². The van der Waals surface area contributed by atoms with Gasteiger partial charge in [-0.05, 0) is 50.3 Å². The first-order valence-electron chi connectivity index (χ1n) is 10.8. The second-order valence-electron chi connectivity index (χ2n) is 8.17. The number of hydrogen-bond acceptors (Lipinski definition) is 3. The average Bonchev–Trinajstić information content (AvgIpc) is 2.72. The zero-order chi connectivity index (χ0) is 22.7. The Bertz CT molecular complexity index is 693. The number of guanidine groups is 1. The third-order valence-corrected chi connectivity index (χ3v) is 5.38. The molecule has 6 nitrogen and oxygen atoms in total. The van der Waals surface area contributed by atoms with Gasteiger partial charge in [0.2, 0.25) is 5.91 Å². The van der Waals surface area contributed by atoms with E-state index in [0.717, 1.165) is 25.7 Å². The summed E-state index contributed by atoms with van der Waals surface area (Å²) in [5, 5.41) is 6.54. The second kappa shape index (κ2) is 14.6. The van der Waals surface area contributed by atoms with Gasteiger partial charge in [0, 0.05) is 27.2 Å². The van der Waals surface area contributed by atoms with Gasteiger partial charge in [-0.15, -0.1) is 24.0 Å². The molecule has 1 aromatic rings. The fourth-order valence-corrected chi connectivity index (χ4v) is 3.51. The first kappa shape index (κ1) is 28.5. The molecule has 10 heteroatoms. The molecule has 2 rings (SSSR count). The van der Waals surface area contributed by atoms with Crippen LogP contribution in [0, 0.1) is 5.92 Å². The van der Waals surface area contributed by atoms with Crippen molar-refractivity contribution in [1.82, 2.24) is 20.4 Å². The van der Waals surface area contributed by atoms with Crippen molar-refractivity contribution in [2.45, 2.75) is 31.9 Å². The lowest BCUT2D eigenvalue weighted by Gasteiger charge is -2.32. The quantitative estimate of drug-likeness (QED) is 0.273. The fourth-order valence-electron chi connectivity index (χ4n) is 3.51. The molecule has 0 spiro atoms. The Morgan fingerprint density at radius 2 is 1.75 bits per heavy atom. The van der Waals surface area contributed by atoms with E-state index in [-0.39, 0.29) is 36.4 Å². The van der Waals surface area contributed by atoms with Crippen LogP contribution in [0.3, 0.4) is 0 Å². The summed E-state index contributed by atoms with van der Waals surface area (Å²) < 4.78 is 37.6. The smallest absolute Gasteiger partial charge is 0.356 e. The van der Waals surface area contributed by atoms with E-state index in [1.54, 1.807) is 14.1 Å². The number of likely N-dealkylation sites (N-methyl/N-ethyl adjacent to an activating group) is 1. The lowest BCUT2D eigenvalue weighted by molar-refractivity contribution is -0.148. The van der Waals surface area contributed by atoms with Crippen molar-refractivity contribution in [2.24, 2.45) is 10.9 Å². The summed E-state index contributed by atoms with van der Waals surface area (Å²) >= 11 is 0. The summed E-state index contributed by atoms with van der Waals surface area (Å²) in [7, 11) is 3.39. The predicted octanol–water partition coefficient (Wildman–Crippen LogP) is 3.13. The van der Waals surface area contributed by atoms with Gasteiger partial charge in [0.05, 0.1) is 6.54 Å². The number of halogens is 4. The largest absolute Gasteiger partial charge is 0.401 e. The van der Waals surface area contributed by atoms with Crippen LogP contribution in [0.15, 0.2) is 35.3 Å². The van der Waals surface area contributed by atoms with Gasteiger partial charge in [-0.1, -0.05) is 30.3 Å². The molecule has 0 unspecified atom stereocenters. The number of benzene rings is 1. The molecule has 0 saturated carbocycles. The minimum Gasteiger partial charge on any atom is -0.356 e. The zero-order valence-electron chi connectivity index (χ0n) is 18.8. The first-order chi connectivity index (χ1) is 14.7. The zero-order valence-corrected chi connectivity index (χ0v) is 21.2. The lowest BCUT2D eigenvalue weighted by atomic mass is 9.93. The van der Waals surface area contributed by atoms with Gasteiger partial charge in [0.1, 0.15) is 6.54 Å². The lowest BCUT2D eigenvalue weighted by Crippen LogP contribution is -2.42. The molecule has 1 aromatic carbocycles. The summed E-state index contributed by atoms with van der Waals surface area (Å²) in [4.78, 5) is 19.2. The Labute approximate surface area is 206 Å². The van der Waals surface area contributed by atoms with Crippen LogP contribution in [0.2, 0.25) is 0 Å². The minimum absolute atomic E-state index is 0. The molecule has 1 amide bonds. The molecule has 0 radical (unpaired) electrons. The van der Waals surface area contributed by atoms with Gasteiger partial charge in [0.25, 0.3) is 0 Å². The third kappa shape index (κ3) is 11.9. The number of carbonyl (C=O) groups is 1. The number of likely N-dealkylation sites (tertiary alicyclic amines) is 1. The van der Waals surface area contributed by atoms with Gasteiger partial charge >= 0.3 is 6.18 Å². The van der Waals surface area contributed by atoms with E-state index in [0.29, 0.717) is 38.1 Å². The fraction of sp³-hybridized carbons (Fsp3) is 0.636. The Morgan fingerprint density at radius 1 is 1.12 bits per heavy atom. The highest BCUT2D eigenvalue weighted by molar-refractivity contribution is 14.0. The summed E-state index contributed by atoms with van der Waals surface area (Å²) in [6.45, 7) is 1.55. The topological polar surface area (TPSA) is 60.0 Å². The number of rotatable bonds is 9. The molecule has 1 aliphatic rings. The maximum absolute atomic E-state index is 12.5. The van der Waals surface area contributed by atoms with E-state index < -0.39 is 12.7 Å². The molecular formula is C22H35F3IN5O. The highest BCUT2D eigenvalue weighted by atomic mass is 127. The maximum atomic E-state index is 12.5. The Balaban J connectivity index is 0.00000512. The second-order valence-corrected chi connectivity index (χ2v) is 8.17. The molecule has 1 fully saturated rings. The van der Waals surface area contributed by atoms with Crippen molar-refractivity contribution in [3.8, 4) is 0 Å². The Morgan fingerprint density at radius 3 is 2.34 bits per heavy atom. The van der Waals surface area contributed by atoms with Gasteiger partial charge < -0.3 is 15.5 Å². The van der Waals surface area contributed by atoms with E-state index in [9.17, 15) is 18.0 Å². The SMILES string of the molecule is CN(C)C(=O)CN=C(NCCc1ccccc1)NCCC1CCN(CC(F)(F)F)CC1.I. The van der Waals surface area contributed by atoms with Crippen LogP contribution in [0.1, 0.15) is 24.8 Å². The number of amides is 1. The molecule has 1 aliphatic heterocycles. The standard InChI is InChI=1S/C22H34F3N5O.HI/c1-29(2)20(31)16-28-21(26-12-8-18-6-4-3-5-7-18)27-13-9-19-10-14-30(15-11-19)17-22(23,24)25;/h3-7,19H,8-17H2,1-2H3,(H2,26,27,28);1H. The number of hydrogen-bond donors (Lipinski definition) is 2. The van der Waals surface area contributed by atoms with E-state index >= 15 is 0 Å². The van der Waals surface area contributed by atoms with E-state index in [1.807, 2.05) is 18.2 Å². The molecule has 1 saturated heterocycles. The highest BCUT2D eigenvalue weighted by Crippen LogP contribution is 2.23. The van der Waals surface area contributed by atoms with Crippen molar-refractivity contribution < 1.29 is 18.0 Å². The van der Waals surface area contributed by atoms with Crippen LogP contribution in [0.5, 0.6) is 0 Å². The number of carbonyl (C=O) groups excluding carboxylic acids is 1. The average molecular weight is 569 g/mol. The summed E-state index contributed by atoms with van der Waals surface area (Å²) in [6.07, 6.45) is -0.896. The van der Waals surface area contributed by atoms with Gasteiger partial charge in [0.15, 0.2) is 5.96 Å². The molecule has 2 N–H and O–H groups in total. The Kier molecular flexibility index (Phi) is 13.0. The van der Waals surface area contributed by atoms with Crippen LogP contribution in [-0.2, 0) is 11.2 Å². The molecule has 182 valence electrons. The normalized spacial score (nSPS) is 15.7. The molecule has 0 aromatic heterocycles. The monoisotopic (exact) mass is 569 g/mol. The van der Waals surface area contributed by atoms with Gasteiger partial charge in [-0.25, -0.2) is 4.99 Å². The van der Waals surface area contributed by atoms with Crippen molar-refractivity contribution in [3.05, 3.63) is 35.9 Å².